The average molecular weight is 307 g/mol. The number of aliphatic hydroxyl groups is 1. The highest BCUT2D eigenvalue weighted by Gasteiger charge is 2.36. The summed E-state index contributed by atoms with van der Waals surface area (Å²) < 4.78 is 10.6. The van der Waals surface area contributed by atoms with Crippen molar-refractivity contribution in [2.75, 3.05) is 20.2 Å². The molecule has 5 heteroatoms. The number of hydrogen-bond acceptors (Lipinski definition) is 5. The Bertz CT molecular complexity index is 518. The van der Waals surface area contributed by atoms with Crippen molar-refractivity contribution in [3.63, 3.8) is 0 Å². The fourth-order valence-corrected chi connectivity index (χ4v) is 3.36. The smallest absolute Gasteiger partial charge is 0.334 e. The van der Waals surface area contributed by atoms with Gasteiger partial charge in [0.05, 0.1) is 13.7 Å². The van der Waals surface area contributed by atoms with E-state index in [1.54, 1.807) is 0 Å². The molecule has 1 saturated heterocycles. The quantitative estimate of drug-likeness (QED) is 0.845. The summed E-state index contributed by atoms with van der Waals surface area (Å²) in [6.07, 6.45) is 1.87. The average Bonchev–Trinajstić information content (AvgIpc) is 3.08. The van der Waals surface area contributed by atoms with Crippen molar-refractivity contribution in [3.8, 4) is 0 Å². The number of carbonyl (C=O) groups excluding carboxylic acids is 1. The van der Waals surface area contributed by atoms with E-state index < -0.39 is 12.1 Å². The number of carbonyl (C=O) groups is 1. The normalized spacial score (nSPS) is 27.6. The van der Waals surface area contributed by atoms with E-state index in [9.17, 15) is 9.90 Å². The highest BCUT2D eigenvalue weighted by molar-refractivity contribution is 5.74. The lowest BCUT2D eigenvalue weighted by molar-refractivity contribution is -0.154. The van der Waals surface area contributed by atoms with Gasteiger partial charge in [0, 0.05) is 5.92 Å². The maximum Gasteiger partial charge on any atom is 0.334 e. The van der Waals surface area contributed by atoms with Crippen LogP contribution in [0.1, 0.15) is 43.6 Å². The van der Waals surface area contributed by atoms with Crippen molar-refractivity contribution in [2.45, 2.75) is 44.8 Å². The first-order valence-electron chi connectivity index (χ1n) is 8.15. The molecule has 22 heavy (non-hydrogen) atoms. The summed E-state index contributed by atoms with van der Waals surface area (Å²) in [5.74, 6) is 3.00. The van der Waals surface area contributed by atoms with Crippen LogP contribution in [0.2, 0.25) is 0 Å². The van der Waals surface area contributed by atoms with Crippen LogP contribution in [0.3, 0.4) is 0 Å². The molecule has 1 aromatic rings. The molecule has 0 unspecified atom stereocenters. The zero-order valence-electron chi connectivity index (χ0n) is 13.3. The number of rotatable bonds is 5. The van der Waals surface area contributed by atoms with E-state index >= 15 is 0 Å². The summed E-state index contributed by atoms with van der Waals surface area (Å²) in [6.45, 7) is 4.80. The number of aliphatic hydroxyl groups excluding tert-OH is 1. The summed E-state index contributed by atoms with van der Waals surface area (Å²) in [7, 11) is 1.32. The molecule has 5 nitrogen and oxygen atoms in total. The summed E-state index contributed by atoms with van der Waals surface area (Å²) >= 11 is 0. The molecule has 0 bridgehead atoms. The van der Waals surface area contributed by atoms with Gasteiger partial charge in [-0.15, -0.1) is 0 Å². The predicted molar refractivity (Wildman–Crippen MR) is 81.3 cm³/mol. The molecule has 1 N–H and O–H groups in total. The second-order valence-electron chi connectivity index (χ2n) is 6.71. The monoisotopic (exact) mass is 307 g/mol. The van der Waals surface area contributed by atoms with E-state index in [4.69, 9.17) is 4.42 Å². The van der Waals surface area contributed by atoms with Crippen LogP contribution in [0, 0.1) is 11.8 Å². The Morgan fingerprint density at radius 2 is 2.14 bits per heavy atom. The van der Waals surface area contributed by atoms with E-state index in [0.29, 0.717) is 5.92 Å². The molecule has 122 valence electrons. The maximum absolute atomic E-state index is 11.4. The van der Waals surface area contributed by atoms with E-state index in [1.165, 1.54) is 13.5 Å². The molecule has 0 aromatic carbocycles. The Hall–Kier alpha value is -1.33. The molecule has 2 aliphatic rings. The van der Waals surface area contributed by atoms with Gasteiger partial charge in [-0.1, -0.05) is 6.92 Å². The Kier molecular flexibility index (Phi) is 4.54. The molecule has 0 radical (unpaired) electrons. The van der Waals surface area contributed by atoms with Crippen LogP contribution in [-0.2, 0) is 16.1 Å². The number of hydrogen-bond donors (Lipinski definition) is 1. The van der Waals surface area contributed by atoms with Crippen molar-refractivity contribution in [2.24, 2.45) is 11.8 Å². The lowest BCUT2D eigenvalue weighted by Crippen LogP contribution is -2.40. The highest BCUT2D eigenvalue weighted by Crippen LogP contribution is 2.47. The number of furan rings is 1. The largest absolute Gasteiger partial charge is 0.467 e. The van der Waals surface area contributed by atoms with Gasteiger partial charge in [-0.2, -0.15) is 0 Å². The second kappa shape index (κ2) is 6.42. The summed E-state index contributed by atoms with van der Waals surface area (Å²) in [5, 5.41) is 9.90. The number of esters is 1. The van der Waals surface area contributed by atoms with Crippen molar-refractivity contribution < 1.29 is 19.1 Å². The predicted octanol–water partition coefficient (Wildman–Crippen LogP) is 2.15. The Labute approximate surface area is 131 Å². The molecule has 2 fully saturated rings. The molecular weight excluding hydrogens is 282 g/mol. The molecule has 1 aliphatic carbocycles. The van der Waals surface area contributed by atoms with Crippen LogP contribution in [0.4, 0.5) is 0 Å². The van der Waals surface area contributed by atoms with E-state index in [2.05, 4.69) is 28.7 Å². The van der Waals surface area contributed by atoms with Crippen LogP contribution in [0.25, 0.3) is 0 Å². The van der Waals surface area contributed by atoms with E-state index in [-0.39, 0.29) is 5.92 Å². The van der Waals surface area contributed by atoms with Crippen LogP contribution in [0.5, 0.6) is 0 Å². The van der Waals surface area contributed by atoms with Gasteiger partial charge in [0.25, 0.3) is 0 Å². The highest BCUT2D eigenvalue weighted by atomic mass is 16.5. The van der Waals surface area contributed by atoms with Gasteiger partial charge in [0.15, 0.2) is 6.10 Å². The van der Waals surface area contributed by atoms with Crippen molar-refractivity contribution in [1.82, 2.24) is 4.90 Å². The van der Waals surface area contributed by atoms with Gasteiger partial charge in [-0.25, -0.2) is 4.79 Å². The van der Waals surface area contributed by atoms with Crippen LogP contribution < -0.4 is 0 Å². The van der Waals surface area contributed by atoms with Crippen molar-refractivity contribution in [3.05, 3.63) is 23.7 Å². The van der Waals surface area contributed by atoms with Gasteiger partial charge in [-0.05, 0) is 56.3 Å². The van der Waals surface area contributed by atoms with Gasteiger partial charge in [0.2, 0.25) is 0 Å². The molecule has 3 atom stereocenters. The van der Waals surface area contributed by atoms with Gasteiger partial charge in [0.1, 0.15) is 11.5 Å². The molecule has 1 aromatic heterocycles. The summed E-state index contributed by atoms with van der Waals surface area (Å²) in [5.41, 5.74) is 0. The summed E-state index contributed by atoms with van der Waals surface area (Å²) in [4.78, 5) is 13.7. The Morgan fingerprint density at radius 3 is 2.73 bits per heavy atom. The number of likely N-dealkylation sites (tertiary alicyclic amines) is 1. The number of nitrogens with zero attached hydrogens (tertiary/aromatic N) is 1. The standard InChI is InChI=1S/C17H25NO4/c1-11-9-14(11)15-4-3-13(22-15)10-18-7-5-12(6-8-18)16(19)17(20)21-2/h3-4,11-12,14,16,19H,5-10H2,1-2H3/t11-,14+,16-/m1/s1. The third-order valence-electron chi connectivity index (χ3n) is 5.06. The second-order valence-corrected chi connectivity index (χ2v) is 6.71. The molecule has 2 heterocycles. The molecule has 1 aliphatic heterocycles. The first-order valence-corrected chi connectivity index (χ1v) is 8.15. The number of piperidine rings is 1. The maximum atomic E-state index is 11.4. The lowest BCUT2D eigenvalue weighted by Gasteiger charge is -2.32. The fourth-order valence-electron chi connectivity index (χ4n) is 3.36. The number of ether oxygens (including phenoxy) is 1. The summed E-state index contributed by atoms with van der Waals surface area (Å²) in [6, 6.07) is 4.19. The van der Waals surface area contributed by atoms with Crippen LogP contribution >= 0.6 is 0 Å². The third-order valence-corrected chi connectivity index (χ3v) is 5.06. The first kappa shape index (κ1) is 15.6. The van der Waals surface area contributed by atoms with E-state index in [1.807, 2.05) is 0 Å². The molecule has 0 amide bonds. The topological polar surface area (TPSA) is 62.9 Å². The first-order chi connectivity index (χ1) is 10.6. The van der Waals surface area contributed by atoms with Gasteiger partial charge < -0.3 is 14.3 Å². The minimum Gasteiger partial charge on any atom is -0.467 e. The molecule has 0 spiro atoms. The molecular formula is C17H25NO4. The van der Waals surface area contributed by atoms with Crippen LogP contribution in [-0.4, -0.2) is 42.3 Å². The Morgan fingerprint density at radius 1 is 1.45 bits per heavy atom. The van der Waals surface area contributed by atoms with Gasteiger partial charge in [-0.3, -0.25) is 4.90 Å². The fraction of sp³-hybridized carbons (Fsp3) is 0.706. The Balaban J connectivity index is 1.47. The SMILES string of the molecule is COC(=O)[C@H](O)C1CCN(Cc2ccc([C@H]3C[C@H]3C)o2)CC1. The van der Waals surface area contributed by atoms with Crippen molar-refractivity contribution in [1.29, 1.82) is 0 Å². The third kappa shape index (κ3) is 3.36. The molecule has 1 saturated carbocycles. The lowest BCUT2D eigenvalue weighted by atomic mass is 9.91. The van der Waals surface area contributed by atoms with Crippen molar-refractivity contribution >= 4 is 5.97 Å². The van der Waals surface area contributed by atoms with Gasteiger partial charge >= 0.3 is 5.97 Å². The zero-order valence-corrected chi connectivity index (χ0v) is 13.3. The zero-order chi connectivity index (χ0) is 15.7. The van der Waals surface area contributed by atoms with E-state index in [0.717, 1.165) is 49.9 Å². The number of methoxy groups -OCH3 is 1. The minimum atomic E-state index is -0.987. The minimum absolute atomic E-state index is 0.00294. The van der Waals surface area contributed by atoms with Crippen LogP contribution in [0.15, 0.2) is 16.5 Å². The molecule has 3 rings (SSSR count).